The maximum absolute atomic E-state index is 12.4. The minimum Gasteiger partial charge on any atom is -0.299 e. The topological polar surface area (TPSA) is 34.1 Å². The summed E-state index contributed by atoms with van der Waals surface area (Å²) in [5.41, 5.74) is 0.422. The molecule has 1 saturated carbocycles. The van der Waals surface area contributed by atoms with Gasteiger partial charge >= 0.3 is 0 Å². The third-order valence-corrected chi connectivity index (χ3v) is 7.06. The van der Waals surface area contributed by atoms with Crippen LogP contribution in [-0.2, 0) is 9.59 Å². The van der Waals surface area contributed by atoms with Crippen LogP contribution in [0, 0.1) is 23.2 Å². The van der Waals surface area contributed by atoms with Crippen molar-refractivity contribution in [2.45, 2.75) is 20.3 Å². The van der Waals surface area contributed by atoms with Crippen molar-refractivity contribution in [2.24, 2.45) is 23.2 Å². The number of Topliss-reactive ketones (excluding diaryl/α,β-unsaturated/α-hetero) is 2. The van der Waals surface area contributed by atoms with E-state index in [1.807, 2.05) is 0 Å². The van der Waals surface area contributed by atoms with E-state index in [4.69, 9.17) is 0 Å². The Hall–Kier alpha value is -3.00. The van der Waals surface area contributed by atoms with Crippen molar-refractivity contribution in [2.75, 3.05) is 0 Å². The van der Waals surface area contributed by atoms with E-state index < -0.39 is 5.41 Å². The van der Waals surface area contributed by atoms with Crippen molar-refractivity contribution in [3.8, 4) is 0 Å². The molecule has 1 fully saturated rings. The zero-order valence-electron chi connectivity index (χ0n) is 16.8. The van der Waals surface area contributed by atoms with Gasteiger partial charge in [0.2, 0.25) is 0 Å². The normalized spacial score (nSPS) is 24.7. The molecule has 0 bridgehead atoms. The van der Waals surface area contributed by atoms with Crippen molar-refractivity contribution >= 4 is 39.2 Å². The highest BCUT2D eigenvalue weighted by Gasteiger charge is 2.72. The zero-order chi connectivity index (χ0) is 20.2. The lowest BCUT2D eigenvalue weighted by Crippen LogP contribution is -2.26. The van der Waals surface area contributed by atoms with Gasteiger partial charge in [-0.05, 0) is 71.2 Å². The Morgan fingerprint density at radius 3 is 2.10 bits per heavy atom. The van der Waals surface area contributed by atoms with Crippen molar-refractivity contribution in [1.82, 2.24) is 0 Å². The van der Waals surface area contributed by atoms with Crippen molar-refractivity contribution < 1.29 is 9.59 Å². The third kappa shape index (κ3) is 2.55. The number of allylic oxidation sites excluding steroid dienone is 3. The molecular formula is C27H24O2. The van der Waals surface area contributed by atoms with Gasteiger partial charge in [0.25, 0.3) is 0 Å². The van der Waals surface area contributed by atoms with Crippen LogP contribution in [0.15, 0.2) is 72.8 Å². The van der Waals surface area contributed by atoms with Crippen LogP contribution in [0.25, 0.3) is 27.6 Å². The second-order valence-corrected chi connectivity index (χ2v) is 8.45. The molecule has 3 aromatic rings. The van der Waals surface area contributed by atoms with Gasteiger partial charge in [0, 0.05) is 0 Å². The lowest BCUT2D eigenvalue weighted by Gasteiger charge is -2.14. The molecule has 3 aromatic carbocycles. The largest absolute Gasteiger partial charge is 0.299 e. The smallest absolute Gasteiger partial charge is 0.143 e. The summed E-state index contributed by atoms with van der Waals surface area (Å²) < 4.78 is 0. The number of rotatable bonds is 4. The number of carbonyl (C=O) groups is 2. The van der Waals surface area contributed by atoms with E-state index in [1.54, 1.807) is 13.8 Å². The fourth-order valence-electron chi connectivity index (χ4n) is 5.75. The highest BCUT2D eigenvalue weighted by Crippen LogP contribution is 2.67. The van der Waals surface area contributed by atoms with Gasteiger partial charge in [-0.25, -0.2) is 0 Å². The first-order valence-corrected chi connectivity index (χ1v) is 10.3. The van der Waals surface area contributed by atoms with Gasteiger partial charge in [-0.3, -0.25) is 9.59 Å². The Morgan fingerprint density at radius 1 is 0.931 bits per heavy atom. The average Bonchev–Trinajstić information content (AvgIpc) is 3.42. The second kappa shape index (κ2) is 6.52. The zero-order valence-corrected chi connectivity index (χ0v) is 16.8. The molecule has 0 radical (unpaired) electrons. The molecule has 2 heteroatoms. The molecule has 0 unspecified atom stereocenters. The van der Waals surface area contributed by atoms with Gasteiger partial charge in [-0.2, -0.15) is 0 Å². The summed E-state index contributed by atoms with van der Waals surface area (Å²) in [5, 5.41) is 4.88. The van der Waals surface area contributed by atoms with Crippen LogP contribution in [-0.4, -0.2) is 11.6 Å². The Kier molecular flexibility index (Phi) is 4.06. The number of fused-ring (bicyclic) bond motifs is 3. The second-order valence-electron chi connectivity index (χ2n) is 8.45. The number of hydrogen-bond donors (Lipinski definition) is 0. The van der Waals surface area contributed by atoms with E-state index in [-0.39, 0.29) is 29.3 Å². The molecule has 2 aliphatic rings. The third-order valence-electron chi connectivity index (χ3n) is 7.06. The number of carbonyl (C=O) groups excluding carboxylic acids is 2. The van der Waals surface area contributed by atoms with E-state index in [1.165, 1.54) is 27.1 Å². The molecule has 0 aliphatic heterocycles. The molecule has 29 heavy (non-hydrogen) atoms. The first-order valence-electron chi connectivity index (χ1n) is 10.3. The van der Waals surface area contributed by atoms with E-state index in [0.29, 0.717) is 0 Å². The summed E-state index contributed by atoms with van der Waals surface area (Å²) in [4.78, 5) is 24.9. The average molecular weight is 380 g/mol. The van der Waals surface area contributed by atoms with Gasteiger partial charge in [0.1, 0.15) is 11.6 Å². The number of benzene rings is 3. The molecular weight excluding hydrogens is 356 g/mol. The van der Waals surface area contributed by atoms with Crippen molar-refractivity contribution in [1.29, 1.82) is 0 Å². The number of hydrogen-bond acceptors (Lipinski definition) is 2. The van der Waals surface area contributed by atoms with Gasteiger partial charge < -0.3 is 0 Å². The maximum atomic E-state index is 12.4. The maximum Gasteiger partial charge on any atom is 0.143 e. The van der Waals surface area contributed by atoms with Crippen LogP contribution in [0.2, 0.25) is 0 Å². The molecule has 5 rings (SSSR count). The molecule has 2 aliphatic carbocycles. The van der Waals surface area contributed by atoms with Gasteiger partial charge in [0.05, 0.1) is 5.41 Å². The lowest BCUT2D eigenvalue weighted by molar-refractivity contribution is -0.133. The molecule has 0 N–H and O–H groups in total. The van der Waals surface area contributed by atoms with E-state index >= 15 is 0 Å². The first kappa shape index (κ1) is 18.1. The SMILES string of the molecule is CC(=O)C1(C(C)=O)[C@H]2[C@@H](/C=C/c3c4ccccc4cc4ccccc34)C=CC[C@H]21. The molecule has 0 saturated heterocycles. The van der Waals surface area contributed by atoms with Crippen LogP contribution < -0.4 is 0 Å². The summed E-state index contributed by atoms with van der Waals surface area (Å²) in [6, 6.07) is 19.1. The Labute approximate surface area is 170 Å². The Bertz CT molecular complexity index is 1150. The molecule has 0 spiro atoms. The highest BCUT2D eigenvalue weighted by molar-refractivity contribution is 6.10. The van der Waals surface area contributed by atoms with Crippen LogP contribution in [0.1, 0.15) is 25.8 Å². The molecule has 144 valence electrons. The lowest BCUT2D eigenvalue weighted by atomic mass is 9.87. The fourth-order valence-corrected chi connectivity index (χ4v) is 5.75. The summed E-state index contributed by atoms with van der Waals surface area (Å²) >= 11 is 0. The highest BCUT2D eigenvalue weighted by atomic mass is 16.2. The Morgan fingerprint density at radius 2 is 1.52 bits per heavy atom. The van der Waals surface area contributed by atoms with Crippen LogP contribution in [0.5, 0.6) is 0 Å². The molecule has 0 aromatic heterocycles. The molecule has 2 nitrogen and oxygen atoms in total. The quantitative estimate of drug-likeness (QED) is 0.316. The minimum atomic E-state index is -0.778. The van der Waals surface area contributed by atoms with Gasteiger partial charge in [0.15, 0.2) is 0 Å². The van der Waals surface area contributed by atoms with Crippen molar-refractivity contribution in [3.05, 3.63) is 78.4 Å². The van der Waals surface area contributed by atoms with Crippen molar-refractivity contribution in [3.63, 3.8) is 0 Å². The Balaban J connectivity index is 1.61. The predicted molar refractivity (Wildman–Crippen MR) is 119 cm³/mol. The number of ketones is 2. The van der Waals surface area contributed by atoms with Gasteiger partial charge in [-0.1, -0.05) is 72.8 Å². The van der Waals surface area contributed by atoms with E-state index in [9.17, 15) is 9.59 Å². The van der Waals surface area contributed by atoms with Gasteiger partial charge in [-0.15, -0.1) is 0 Å². The van der Waals surface area contributed by atoms with Crippen LogP contribution in [0.4, 0.5) is 0 Å². The van der Waals surface area contributed by atoms with E-state index in [2.05, 4.69) is 78.9 Å². The van der Waals surface area contributed by atoms with Crippen LogP contribution >= 0.6 is 0 Å². The molecule has 3 atom stereocenters. The monoisotopic (exact) mass is 380 g/mol. The minimum absolute atomic E-state index is 0.0257. The fraction of sp³-hybridized carbons (Fsp3) is 0.259. The first-order chi connectivity index (χ1) is 14.0. The summed E-state index contributed by atoms with van der Waals surface area (Å²) in [7, 11) is 0. The summed E-state index contributed by atoms with van der Waals surface area (Å²) in [6.45, 7) is 3.16. The summed E-state index contributed by atoms with van der Waals surface area (Å²) in [5.74, 6) is 0.413. The van der Waals surface area contributed by atoms with E-state index in [0.717, 1.165) is 6.42 Å². The van der Waals surface area contributed by atoms with Crippen LogP contribution in [0.3, 0.4) is 0 Å². The molecule has 0 amide bonds. The molecule has 0 heterocycles. The standard InChI is InChI=1S/C27H24O2/c1-17(28)27(18(2)29)25-13-7-10-19(26(25)27)14-15-24-22-11-5-3-8-20(22)16-21-9-4-6-12-23(21)24/h3-12,14-16,19,25-26H,13H2,1-2H3/b15-14+/t19-,25-,26+/m1/s1. The summed E-state index contributed by atoms with van der Waals surface area (Å²) in [6.07, 6.45) is 9.55. The predicted octanol–water partition coefficient (Wildman–Crippen LogP) is 5.99.